The Hall–Kier alpha value is -0.870. The Kier molecular flexibility index (Phi) is 3.77. The van der Waals surface area contributed by atoms with E-state index in [1.165, 1.54) is 16.8 Å². The van der Waals surface area contributed by atoms with Crippen LogP contribution in [0.4, 0.5) is 0 Å². The SMILES string of the molecule is Cc1ccc(C2C3=C(CCCC3=O)N=C3CCSC32)cc1Br. The molecule has 0 spiro atoms. The van der Waals surface area contributed by atoms with Gasteiger partial charge in [-0.3, -0.25) is 9.79 Å². The molecule has 2 atom stereocenters. The van der Waals surface area contributed by atoms with Crippen molar-refractivity contribution in [3.05, 3.63) is 45.1 Å². The van der Waals surface area contributed by atoms with Gasteiger partial charge in [0.05, 0.1) is 5.25 Å². The second-order valence-corrected chi connectivity index (χ2v) is 8.37. The molecule has 1 aromatic rings. The van der Waals surface area contributed by atoms with Crippen molar-refractivity contribution in [2.75, 3.05) is 5.75 Å². The molecule has 1 aromatic carbocycles. The van der Waals surface area contributed by atoms with E-state index in [1.54, 1.807) is 0 Å². The lowest BCUT2D eigenvalue weighted by molar-refractivity contribution is -0.116. The summed E-state index contributed by atoms with van der Waals surface area (Å²) in [4.78, 5) is 17.5. The minimum atomic E-state index is 0.194. The third kappa shape index (κ3) is 2.31. The molecule has 0 radical (unpaired) electrons. The second kappa shape index (κ2) is 5.64. The number of thioether (sulfide) groups is 1. The number of ketones is 1. The molecule has 0 N–H and O–H groups in total. The van der Waals surface area contributed by atoms with Crippen LogP contribution in [0.25, 0.3) is 0 Å². The van der Waals surface area contributed by atoms with Gasteiger partial charge in [-0.25, -0.2) is 0 Å². The molecule has 114 valence electrons. The minimum absolute atomic E-state index is 0.194. The molecule has 2 nitrogen and oxygen atoms in total. The summed E-state index contributed by atoms with van der Waals surface area (Å²) in [6.45, 7) is 2.10. The van der Waals surface area contributed by atoms with Crippen molar-refractivity contribution in [2.45, 2.75) is 43.8 Å². The highest BCUT2D eigenvalue weighted by Crippen LogP contribution is 2.47. The molecule has 0 aromatic heterocycles. The standard InChI is InChI=1S/C18H18BrNOS/c1-10-5-6-11(9-12(10)19)16-17-13(3-2-4-15(17)21)20-14-7-8-22-18(14)16/h5-6,9,16,18H,2-4,7-8H2,1H3. The fraction of sp³-hybridized carbons (Fsp3) is 0.444. The Morgan fingerprint density at radius 3 is 2.95 bits per heavy atom. The van der Waals surface area contributed by atoms with E-state index in [9.17, 15) is 4.79 Å². The molecule has 2 unspecified atom stereocenters. The van der Waals surface area contributed by atoms with Crippen LogP contribution in [-0.2, 0) is 4.79 Å². The van der Waals surface area contributed by atoms with Gasteiger partial charge in [0.2, 0.25) is 0 Å². The van der Waals surface area contributed by atoms with Gasteiger partial charge in [0.25, 0.3) is 0 Å². The molecule has 4 rings (SSSR count). The molecule has 0 saturated carbocycles. The summed E-state index contributed by atoms with van der Waals surface area (Å²) in [6.07, 6.45) is 3.68. The lowest BCUT2D eigenvalue weighted by atomic mass is 9.77. The minimum Gasteiger partial charge on any atom is -0.294 e. The van der Waals surface area contributed by atoms with E-state index >= 15 is 0 Å². The van der Waals surface area contributed by atoms with Crippen LogP contribution >= 0.6 is 27.7 Å². The van der Waals surface area contributed by atoms with Crippen LogP contribution < -0.4 is 0 Å². The van der Waals surface area contributed by atoms with E-state index in [2.05, 4.69) is 41.1 Å². The maximum absolute atomic E-state index is 12.6. The number of carbonyl (C=O) groups excluding carboxylic acids is 1. The average Bonchev–Trinajstić information content (AvgIpc) is 2.96. The van der Waals surface area contributed by atoms with Gasteiger partial charge in [-0.05, 0) is 49.1 Å². The number of benzene rings is 1. The largest absolute Gasteiger partial charge is 0.294 e. The summed E-state index contributed by atoms with van der Waals surface area (Å²) < 4.78 is 1.13. The Labute approximate surface area is 143 Å². The molecule has 2 heterocycles. The monoisotopic (exact) mass is 375 g/mol. The zero-order valence-corrected chi connectivity index (χ0v) is 15.0. The number of fused-ring (bicyclic) bond motifs is 1. The number of hydrogen-bond acceptors (Lipinski definition) is 3. The van der Waals surface area contributed by atoms with Crippen molar-refractivity contribution in [3.8, 4) is 0 Å². The van der Waals surface area contributed by atoms with Crippen LogP contribution in [-0.4, -0.2) is 22.5 Å². The summed E-state index contributed by atoms with van der Waals surface area (Å²) >= 11 is 5.61. The third-order valence-electron chi connectivity index (χ3n) is 4.86. The van der Waals surface area contributed by atoms with Crippen molar-refractivity contribution in [1.82, 2.24) is 0 Å². The van der Waals surface area contributed by atoms with Gasteiger partial charge in [0, 0.05) is 33.8 Å². The fourth-order valence-corrected chi connectivity index (χ4v) is 5.55. The van der Waals surface area contributed by atoms with Gasteiger partial charge >= 0.3 is 0 Å². The number of aliphatic imine (C=N–C) groups is 1. The molecule has 3 aliphatic rings. The first-order valence-corrected chi connectivity index (χ1v) is 9.70. The van der Waals surface area contributed by atoms with Crippen LogP contribution in [0.15, 0.2) is 38.9 Å². The predicted octanol–water partition coefficient (Wildman–Crippen LogP) is 4.81. The van der Waals surface area contributed by atoms with Crippen LogP contribution in [0.3, 0.4) is 0 Å². The fourth-order valence-electron chi connectivity index (χ4n) is 3.72. The summed E-state index contributed by atoms with van der Waals surface area (Å²) in [7, 11) is 0. The van der Waals surface area contributed by atoms with Crippen molar-refractivity contribution in [2.24, 2.45) is 4.99 Å². The van der Waals surface area contributed by atoms with Gasteiger partial charge in [-0.2, -0.15) is 11.8 Å². The number of halogens is 1. The highest BCUT2D eigenvalue weighted by Gasteiger charge is 2.42. The molecule has 2 aliphatic heterocycles. The molecular formula is C18H18BrNOS. The highest BCUT2D eigenvalue weighted by atomic mass is 79.9. The van der Waals surface area contributed by atoms with E-state index in [0.29, 0.717) is 17.5 Å². The predicted molar refractivity (Wildman–Crippen MR) is 95.8 cm³/mol. The molecule has 4 heteroatoms. The topological polar surface area (TPSA) is 29.4 Å². The van der Waals surface area contributed by atoms with E-state index in [4.69, 9.17) is 4.99 Å². The Morgan fingerprint density at radius 1 is 1.27 bits per heavy atom. The third-order valence-corrected chi connectivity index (χ3v) is 7.06. The molecular weight excluding hydrogens is 358 g/mol. The summed E-state index contributed by atoms with van der Waals surface area (Å²) in [5.41, 5.74) is 5.88. The van der Waals surface area contributed by atoms with Gasteiger partial charge in [-0.1, -0.05) is 28.1 Å². The first-order valence-electron chi connectivity index (χ1n) is 7.86. The molecule has 0 amide bonds. The van der Waals surface area contributed by atoms with Crippen LogP contribution in [0.1, 0.15) is 42.7 Å². The van der Waals surface area contributed by atoms with Crippen LogP contribution in [0.2, 0.25) is 0 Å². The lowest BCUT2D eigenvalue weighted by Gasteiger charge is -2.33. The van der Waals surface area contributed by atoms with Gasteiger partial charge in [0.1, 0.15) is 0 Å². The molecule has 22 heavy (non-hydrogen) atoms. The maximum atomic E-state index is 12.6. The number of carbonyl (C=O) groups is 1. The first-order chi connectivity index (χ1) is 10.6. The Morgan fingerprint density at radius 2 is 2.14 bits per heavy atom. The normalized spacial score (nSPS) is 27.5. The second-order valence-electron chi connectivity index (χ2n) is 6.27. The van der Waals surface area contributed by atoms with Gasteiger partial charge in [0.15, 0.2) is 5.78 Å². The number of nitrogens with zero attached hydrogens (tertiary/aromatic N) is 1. The summed E-state index contributed by atoms with van der Waals surface area (Å²) in [5.74, 6) is 1.64. The summed E-state index contributed by atoms with van der Waals surface area (Å²) in [6, 6.07) is 6.55. The summed E-state index contributed by atoms with van der Waals surface area (Å²) in [5, 5.41) is 0.357. The highest BCUT2D eigenvalue weighted by molar-refractivity contribution is 9.10. The van der Waals surface area contributed by atoms with Crippen molar-refractivity contribution in [1.29, 1.82) is 0 Å². The number of allylic oxidation sites excluding steroid dienone is 2. The van der Waals surface area contributed by atoms with Gasteiger partial charge in [-0.15, -0.1) is 0 Å². The van der Waals surface area contributed by atoms with E-state index in [-0.39, 0.29) is 5.92 Å². The van der Waals surface area contributed by atoms with E-state index < -0.39 is 0 Å². The van der Waals surface area contributed by atoms with Crippen molar-refractivity contribution < 1.29 is 4.79 Å². The Bertz CT molecular complexity index is 722. The first kappa shape index (κ1) is 14.7. The maximum Gasteiger partial charge on any atom is 0.161 e. The van der Waals surface area contributed by atoms with Crippen molar-refractivity contribution in [3.63, 3.8) is 0 Å². The van der Waals surface area contributed by atoms with Gasteiger partial charge < -0.3 is 0 Å². The van der Waals surface area contributed by atoms with E-state index in [0.717, 1.165) is 40.8 Å². The zero-order valence-electron chi connectivity index (χ0n) is 12.6. The molecule has 1 saturated heterocycles. The number of aryl methyl sites for hydroxylation is 1. The van der Waals surface area contributed by atoms with Crippen molar-refractivity contribution >= 4 is 39.2 Å². The zero-order chi connectivity index (χ0) is 15.3. The lowest BCUT2D eigenvalue weighted by Crippen LogP contribution is -2.32. The molecule has 0 bridgehead atoms. The molecule has 1 aliphatic carbocycles. The number of hydrogen-bond donors (Lipinski definition) is 0. The van der Waals surface area contributed by atoms with Crippen LogP contribution in [0.5, 0.6) is 0 Å². The van der Waals surface area contributed by atoms with E-state index in [1.807, 2.05) is 11.8 Å². The Balaban J connectivity index is 1.87. The molecule has 1 fully saturated rings. The van der Waals surface area contributed by atoms with Crippen LogP contribution in [0, 0.1) is 6.92 Å². The number of Topliss-reactive ketones (excluding diaryl/α,β-unsaturated/α-hetero) is 1. The quantitative estimate of drug-likeness (QED) is 0.704. The average molecular weight is 376 g/mol. The smallest absolute Gasteiger partial charge is 0.161 e. The number of rotatable bonds is 1.